The Bertz CT molecular complexity index is 207. The van der Waals surface area contributed by atoms with E-state index in [0.29, 0.717) is 5.71 Å². The molecule has 0 rings (SSSR count). The number of halogens is 1. The van der Waals surface area contributed by atoms with Crippen molar-refractivity contribution < 1.29 is 13.9 Å². The molecule has 0 radical (unpaired) electrons. The van der Waals surface area contributed by atoms with Gasteiger partial charge < -0.3 is 4.74 Å². The van der Waals surface area contributed by atoms with Crippen molar-refractivity contribution in [3.63, 3.8) is 0 Å². The first-order chi connectivity index (χ1) is 7.20. The van der Waals surface area contributed by atoms with Crippen molar-refractivity contribution in [3.8, 4) is 0 Å². The lowest BCUT2D eigenvalue weighted by Gasteiger charge is -2.04. The van der Waals surface area contributed by atoms with E-state index < -0.39 is 0 Å². The van der Waals surface area contributed by atoms with Gasteiger partial charge in [0.2, 0.25) is 0 Å². The molecule has 0 heterocycles. The first-order valence-corrected chi connectivity index (χ1v) is 5.48. The number of oxime groups is 1. The number of nitrogens with zero attached hydrogens (tertiary/aromatic N) is 1. The highest BCUT2D eigenvalue weighted by Crippen LogP contribution is 2.05. The molecule has 0 saturated carbocycles. The number of rotatable bonds is 8. The molecule has 0 aliphatic heterocycles. The van der Waals surface area contributed by atoms with Crippen molar-refractivity contribution in [3.05, 3.63) is 0 Å². The van der Waals surface area contributed by atoms with Gasteiger partial charge in [-0.3, -0.25) is 9.18 Å². The highest BCUT2D eigenvalue weighted by Gasteiger charge is 2.03. The zero-order chi connectivity index (χ0) is 11.5. The van der Waals surface area contributed by atoms with Crippen LogP contribution in [-0.4, -0.2) is 18.3 Å². The minimum Gasteiger partial charge on any atom is -0.460 e. The molecule has 5 heteroatoms. The molecule has 0 amide bonds. The molecule has 0 spiro atoms. The Balaban J connectivity index is 3.74. The average Bonchev–Trinajstić information content (AvgIpc) is 2.20. The minimum absolute atomic E-state index is 0.161. The third-order valence-corrected chi connectivity index (χ3v) is 1.99. The second kappa shape index (κ2) is 9.77. The predicted molar refractivity (Wildman–Crippen MR) is 59.8 cm³/mol. The van der Waals surface area contributed by atoms with Crippen molar-refractivity contribution in [2.24, 2.45) is 5.16 Å². The fraction of sp³-hybridized carbons (Fsp3) is 0.800. The second-order valence-electron chi connectivity index (χ2n) is 3.32. The van der Waals surface area contributed by atoms with Crippen molar-refractivity contribution >= 4 is 23.5 Å². The molecule has 0 aromatic carbocycles. The molecule has 0 aromatic rings. The molecule has 0 aromatic heterocycles. The van der Waals surface area contributed by atoms with Gasteiger partial charge in [-0.05, 0) is 12.8 Å². The minimum atomic E-state index is -0.328. The van der Waals surface area contributed by atoms with Gasteiger partial charge in [0.05, 0.1) is 5.71 Å². The van der Waals surface area contributed by atoms with Gasteiger partial charge in [0, 0.05) is 6.92 Å². The van der Waals surface area contributed by atoms with Crippen LogP contribution in [0.25, 0.3) is 0 Å². The van der Waals surface area contributed by atoms with Crippen molar-refractivity contribution in [2.45, 2.75) is 46.0 Å². The number of unbranched alkanes of at least 4 members (excludes halogenated alkanes) is 3. The summed E-state index contributed by atoms with van der Waals surface area (Å²) in [4.78, 5) is 10.6. The third kappa shape index (κ3) is 9.53. The fourth-order valence-electron chi connectivity index (χ4n) is 1.13. The molecule has 15 heavy (non-hydrogen) atoms. The molecular weight excluding hydrogens is 218 g/mol. The summed E-state index contributed by atoms with van der Waals surface area (Å²) in [5, 5.41) is 3.60. The lowest BCUT2D eigenvalue weighted by Crippen LogP contribution is -2.12. The van der Waals surface area contributed by atoms with Crippen molar-refractivity contribution in [1.82, 2.24) is 0 Å². The van der Waals surface area contributed by atoms with E-state index in [2.05, 4.69) is 16.5 Å². The first kappa shape index (κ1) is 14.2. The van der Waals surface area contributed by atoms with Crippen LogP contribution in [0.3, 0.4) is 0 Å². The Hall–Kier alpha value is -0.770. The van der Waals surface area contributed by atoms with Crippen LogP contribution >= 0.6 is 11.9 Å². The molecule has 0 aliphatic rings. The summed E-state index contributed by atoms with van der Waals surface area (Å²) in [6, 6.07) is 0. The molecular formula is C10H18ClNO3. The van der Waals surface area contributed by atoms with E-state index in [-0.39, 0.29) is 12.6 Å². The molecule has 0 N–H and O–H groups in total. The van der Waals surface area contributed by atoms with E-state index in [4.69, 9.17) is 16.6 Å². The van der Waals surface area contributed by atoms with E-state index in [1.807, 2.05) is 0 Å². The Morgan fingerprint density at radius 1 is 1.33 bits per heavy atom. The van der Waals surface area contributed by atoms with Gasteiger partial charge in [-0.15, -0.1) is 0 Å². The van der Waals surface area contributed by atoms with E-state index in [1.54, 1.807) is 0 Å². The van der Waals surface area contributed by atoms with Crippen LogP contribution in [-0.2, 0) is 13.9 Å². The maximum atomic E-state index is 10.6. The molecule has 0 atom stereocenters. The number of hydrogen-bond acceptors (Lipinski definition) is 4. The number of carbonyl (C=O) groups excluding carboxylic acids is 1. The van der Waals surface area contributed by atoms with E-state index in [1.165, 1.54) is 19.8 Å². The maximum Gasteiger partial charge on any atom is 0.303 e. The predicted octanol–water partition coefficient (Wildman–Crippen LogP) is 3.05. The van der Waals surface area contributed by atoms with Crippen molar-refractivity contribution in [1.29, 1.82) is 0 Å². The molecule has 0 unspecified atom stereocenters. The van der Waals surface area contributed by atoms with Crippen LogP contribution in [0.5, 0.6) is 0 Å². The Morgan fingerprint density at radius 2 is 2.07 bits per heavy atom. The molecule has 4 nitrogen and oxygen atoms in total. The molecule has 0 saturated heterocycles. The lowest BCUT2D eigenvalue weighted by atomic mass is 10.1. The van der Waals surface area contributed by atoms with Crippen LogP contribution in [0.1, 0.15) is 46.0 Å². The number of ether oxygens (including phenoxy) is 1. The van der Waals surface area contributed by atoms with Gasteiger partial charge in [-0.2, -0.15) is 0 Å². The Labute approximate surface area is 95.7 Å². The molecule has 88 valence electrons. The topological polar surface area (TPSA) is 47.9 Å². The van der Waals surface area contributed by atoms with E-state index in [0.717, 1.165) is 19.3 Å². The van der Waals surface area contributed by atoms with Gasteiger partial charge in [-0.1, -0.05) is 31.3 Å². The van der Waals surface area contributed by atoms with E-state index in [9.17, 15) is 4.79 Å². The highest BCUT2D eigenvalue weighted by atomic mass is 35.5. The maximum absolute atomic E-state index is 10.6. The van der Waals surface area contributed by atoms with Crippen LogP contribution in [0, 0.1) is 0 Å². The second-order valence-corrected chi connectivity index (χ2v) is 3.46. The first-order valence-electron chi connectivity index (χ1n) is 5.17. The van der Waals surface area contributed by atoms with Crippen LogP contribution in [0.2, 0.25) is 0 Å². The summed E-state index contributed by atoms with van der Waals surface area (Å²) in [7, 11) is 0. The lowest BCUT2D eigenvalue weighted by molar-refractivity contribution is -0.139. The number of hydrogen-bond donors (Lipinski definition) is 0. The van der Waals surface area contributed by atoms with Gasteiger partial charge in [0.25, 0.3) is 0 Å². The van der Waals surface area contributed by atoms with Crippen LogP contribution in [0.15, 0.2) is 5.16 Å². The third-order valence-electron chi connectivity index (χ3n) is 1.92. The van der Waals surface area contributed by atoms with Crippen LogP contribution in [0.4, 0.5) is 0 Å². The van der Waals surface area contributed by atoms with E-state index >= 15 is 0 Å². The Morgan fingerprint density at radius 3 is 2.60 bits per heavy atom. The summed E-state index contributed by atoms with van der Waals surface area (Å²) in [5.74, 6) is -0.328. The average molecular weight is 236 g/mol. The summed E-state index contributed by atoms with van der Waals surface area (Å²) in [6.45, 7) is 3.67. The Kier molecular flexibility index (Phi) is 9.27. The molecule has 0 bridgehead atoms. The summed E-state index contributed by atoms with van der Waals surface area (Å²) in [6.07, 6.45) is 5.27. The summed E-state index contributed by atoms with van der Waals surface area (Å²) < 4.78 is 8.97. The zero-order valence-corrected chi connectivity index (χ0v) is 10.0. The van der Waals surface area contributed by atoms with Crippen LogP contribution < -0.4 is 0 Å². The quantitative estimate of drug-likeness (QED) is 0.281. The van der Waals surface area contributed by atoms with Gasteiger partial charge in [0.1, 0.15) is 6.61 Å². The number of esters is 1. The van der Waals surface area contributed by atoms with Crippen molar-refractivity contribution in [2.75, 3.05) is 6.61 Å². The summed E-state index contributed by atoms with van der Waals surface area (Å²) >= 11 is 5.02. The zero-order valence-electron chi connectivity index (χ0n) is 9.29. The monoisotopic (exact) mass is 235 g/mol. The number of carbonyl (C=O) groups is 1. The fourth-order valence-corrected chi connectivity index (χ4v) is 1.23. The van der Waals surface area contributed by atoms with Gasteiger partial charge in [0.15, 0.2) is 11.9 Å². The normalized spacial score (nSPS) is 11.3. The highest BCUT2D eigenvalue weighted by molar-refractivity contribution is 6.07. The van der Waals surface area contributed by atoms with Gasteiger partial charge in [-0.25, -0.2) is 0 Å². The molecule has 0 aliphatic carbocycles. The summed E-state index contributed by atoms with van der Waals surface area (Å²) in [5.41, 5.74) is 0.663. The van der Waals surface area contributed by atoms with Gasteiger partial charge >= 0.3 is 5.97 Å². The largest absolute Gasteiger partial charge is 0.460 e. The molecule has 0 fully saturated rings. The SMILES string of the molecule is CCCCCC/C(COC(C)=O)=N/OCl. The smallest absolute Gasteiger partial charge is 0.303 e. The standard InChI is InChI=1S/C10H18ClNO3/c1-3-4-5-6-7-10(12-15-11)8-14-9(2)13/h3-8H2,1-2H3/b12-10-.